The van der Waals surface area contributed by atoms with Crippen molar-refractivity contribution in [3.8, 4) is 0 Å². The van der Waals surface area contributed by atoms with Crippen molar-refractivity contribution < 1.29 is 5.11 Å². The van der Waals surface area contributed by atoms with Crippen LogP contribution in [0.1, 0.15) is 66.7 Å². The van der Waals surface area contributed by atoms with Gasteiger partial charge in [0.15, 0.2) is 0 Å². The first kappa shape index (κ1) is 16.0. The van der Waals surface area contributed by atoms with E-state index in [0.717, 1.165) is 19.0 Å². The zero-order chi connectivity index (χ0) is 14.0. The monoisotopic (exact) mass is 255 g/mol. The number of aliphatic hydroxyl groups is 1. The van der Waals surface area contributed by atoms with Gasteiger partial charge in [0.1, 0.15) is 0 Å². The van der Waals surface area contributed by atoms with Gasteiger partial charge in [-0.2, -0.15) is 0 Å². The minimum absolute atomic E-state index is 0.00932. The van der Waals surface area contributed by atoms with Crippen LogP contribution in [0.5, 0.6) is 0 Å². The highest BCUT2D eigenvalue weighted by atomic mass is 16.3. The molecule has 1 saturated carbocycles. The van der Waals surface area contributed by atoms with E-state index in [1.54, 1.807) is 0 Å². The summed E-state index contributed by atoms with van der Waals surface area (Å²) in [6, 6.07) is 0.727. The standard InChI is InChI=1S/C16H33NO/c1-15(2,3)14(18)9-12-17(6)13-7-10-16(4,5)11-8-13/h13-14,18H,7-12H2,1-6H3. The summed E-state index contributed by atoms with van der Waals surface area (Å²) in [5, 5.41) is 10.1. The average molecular weight is 255 g/mol. The summed E-state index contributed by atoms with van der Waals surface area (Å²) in [6.45, 7) is 12.1. The van der Waals surface area contributed by atoms with Gasteiger partial charge in [-0.1, -0.05) is 34.6 Å². The third-order valence-corrected chi connectivity index (χ3v) is 4.69. The molecule has 2 heteroatoms. The fraction of sp³-hybridized carbons (Fsp3) is 1.00. The molecule has 0 aromatic carbocycles. The molecule has 108 valence electrons. The second kappa shape index (κ2) is 5.92. The first-order valence-corrected chi connectivity index (χ1v) is 7.50. The summed E-state index contributed by atoms with van der Waals surface area (Å²) in [6.07, 6.45) is 6.00. The smallest absolute Gasteiger partial charge is 0.0600 e. The Morgan fingerprint density at radius 2 is 1.72 bits per heavy atom. The lowest BCUT2D eigenvalue weighted by molar-refractivity contribution is 0.0385. The molecular weight excluding hydrogens is 222 g/mol. The summed E-state index contributed by atoms with van der Waals surface area (Å²) in [5.74, 6) is 0. The number of aliphatic hydroxyl groups excluding tert-OH is 1. The zero-order valence-electron chi connectivity index (χ0n) is 13.3. The van der Waals surface area contributed by atoms with Gasteiger partial charge >= 0.3 is 0 Å². The number of hydrogen-bond acceptors (Lipinski definition) is 2. The van der Waals surface area contributed by atoms with Crippen LogP contribution in [0.15, 0.2) is 0 Å². The summed E-state index contributed by atoms with van der Waals surface area (Å²) < 4.78 is 0. The predicted molar refractivity (Wildman–Crippen MR) is 78.7 cm³/mol. The van der Waals surface area contributed by atoms with Crippen molar-refractivity contribution in [1.29, 1.82) is 0 Å². The lowest BCUT2D eigenvalue weighted by atomic mass is 9.75. The van der Waals surface area contributed by atoms with E-state index in [4.69, 9.17) is 0 Å². The van der Waals surface area contributed by atoms with Crippen molar-refractivity contribution in [2.75, 3.05) is 13.6 Å². The number of nitrogens with zero attached hydrogens (tertiary/aromatic N) is 1. The number of hydrogen-bond donors (Lipinski definition) is 1. The molecule has 1 fully saturated rings. The van der Waals surface area contributed by atoms with E-state index in [1.165, 1.54) is 25.7 Å². The molecule has 0 amide bonds. The molecule has 18 heavy (non-hydrogen) atoms. The summed E-state index contributed by atoms with van der Waals surface area (Å²) >= 11 is 0. The highest BCUT2D eigenvalue weighted by Gasteiger charge is 2.29. The maximum atomic E-state index is 10.1. The van der Waals surface area contributed by atoms with Gasteiger partial charge in [0.05, 0.1) is 6.10 Å². The van der Waals surface area contributed by atoms with Crippen molar-refractivity contribution in [3.05, 3.63) is 0 Å². The molecule has 1 atom stereocenters. The van der Waals surface area contributed by atoms with Gasteiger partial charge in [-0.05, 0) is 50.0 Å². The van der Waals surface area contributed by atoms with Gasteiger partial charge in [0.2, 0.25) is 0 Å². The Labute approximate surface area is 114 Å². The third-order valence-electron chi connectivity index (χ3n) is 4.69. The molecular formula is C16H33NO. The normalized spacial score (nSPS) is 23.3. The van der Waals surface area contributed by atoms with Crippen LogP contribution in [0.2, 0.25) is 0 Å². The molecule has 0 heterocycles. The van der Waals surface area contributed by atoms with Crippen molar-refractivity contribution in [1.82, 2.24) is 4.90 Å². The van der Waals surface area contributed by atoms with Gasteiger partial charge in [-0.3, -0.25) is 0 Å². The molecule has 0 saturated heterocycles. The molecule has 0 aromatic heterocycles. The Morgan fingerprint density at radius 3 is 2.17 bits per heavy atom. The second-order valence-electron chi connectivity index (χ2n) is 8.05. The molecule has 0 aliphatic heterocycles. The molecule has 1 rings (SSSR count). The molecule has 1 aliphatic carbocycles. The molecule has 0 bridgehead atoms. The predicted octanol–water partition coefficient (Wildman–Crippen LogP) is 3.68. The Balaban J connectivity index is 2.32. The molecule has 2 nitrogen and oxygen atoms in total. The Morgan fingerprint density at radius 1 is 1.22 bits per heavy atom. The summed E-state index contributed by atoms with van der Waals surface area (Å²) in [5.41, 5.74) is 0.553. The van der Waals surface area contributed by atoms with Crippen LogP contribution < -0.4 is 0 Å². The molecule has 1 aliphatic rings. The van der Waals surface area contributed by atoms with Gasteiger partial charge in [-0.25, -0.2) is 0 Å². The molecule has 1 N–H and O–H groups in total. The Hall–Kier alpha value is -0.0800. The number of rotatable bonds is 4. The highest BCUT2D eigenvalue weighted by Crippen LogP contribution is 2.36. The highest BCUT2D eigenvalue weighted by molar-refractivity contribution is 4.83. The van der Waals surface area contributed by atoms with E-state index in [9.17, 15) is 5.11 Å². The summed E-state index contributed by atoms with van der Waals surface area (Å²) in [7, 11) is 2.22. The van der Waals surface area contributed by atoms with Gasteiger partial charge in [0.25, 0.3) is 0 Å². The van der Waals surface area contributed by atoms with E-state index in [2.05, 4.69) is 46.6 Å². The average Bonchev–Trinajstić information content (AvgIpc) is 2.24. The van der Waals surface area contributed by atoms with Crippen LogP contribution in [-0.4, -0.2) is 35.7 Å². The van der Waals surface area contributed by atoms with Crippen molar-refractivity contribution >= 4 is 0 Å². The van der Waals surface area contributed by atoms with E-state index >= 15 is 0 Å². The lowest BCUT2D eigenvalue weighted by Crippen LogP contribution is -2.39. The molecule has 0 aromatic rings. The first-order valence-electron chi connectivity index (χ1n) is 7.50. The maximum absolute atomic E-state index is 10.1. The first-order chi connectivity index (χ1) is 8.12. The van der Waals surface area contributed by atoms with Crippen LogP contribution in [0.4, 0.5) is 0 Å². The minimum Gasteiger partial charge on any atom is -0.393 e. The second-order valence-corrected chi connectivity index (χ2v) is 8.05. The molecule has 0 spiro atoms. The lowest BCUT2D eigenvalue weighted by Gasteiger charge is -2.39. The van der Waals surface area contributed by atoms with Gasteiger partial charge in [0, 0.05) is 12.6 Å². The Bertz CT molecular complexity index is 244. The fourth-order valence-corrected chi connectivity index (χ4v) is 2.77. The van der Waals surface area contributed by atoms with E-state index < -0.39 is 0 Å². The SMILES string of the molecule is CN(CCC(O)C(C)(C)C)C1CCC(C)(C)CC1. The van der Waals surface area contributed by atoms with E-state index in [0.29, 0.717) is 5.41 Å². The van der Waals surface area contributed by atoms with Gasteiger partial charge in [-0.15, -0.1) is 0 Å². The molecule has 0 radical (unpaired) electrons. The van der Waals surface area contributed by atoms with Crippen LogP contribution in [0.3, 0.4) is 0 Å². The third kappa shape index (κ3) is 4.89. The van der Waals surface area contributed by atoms with E-state index in [1.807, 2.05) is 0 Å². The van der Waals surface area contributed by atoms with Crippen molar-refractivity contribution in [2.24, 2.45) is 10.8 Å². The van der Waals surface area contributed by atoms with Crippen LogP contribution in [-0.2, 0) is 0 Å². The minimum atomic E-state index is -0.194. The van der Waals surface area contributed by atoms with Crippen LogP contribution >= 0.6 is 0 Å². The van der Waals surface area contributed by atoms with Crippen molar-refractivity contribution in [3.63, 3.8) is 0 Å². The van der Waals surface area contributed by atoms with Crippen molar-refractivity contribution in [2.45, 2.75) is 78.9 Å². The van der Waals surface area contributed by atoms with Crippen LogP contribution in [0.25, 0.3) is 0 Å². The topological polar surface area (TPSA) is 23.5 Å². The maximum Gasteiger partial charge on any atom is 0.0600 e. The summed E-state index contributed by atoms with van der Waals surface area (Å²) in [4.78, 5) is 2.46. The molecule has 1 unspecified atom stereocenters. The fourth-order valence-electron chi connectivity index (χ4n) is 2.77. The van der Waals surface area contributed by atoms with Crippen LogP contribution in [0, 0.1) is 10.8 Å². The van der Waals surface area contributed by atoms with Gasteiger partial charge < -0.3 is 10.0 Å². The van der Waals surface area contributed by atoms with E-state index in [-0.39, 0.29) is 11.5 Å². The zero-order valence-corrected chi connectivity index (χ0v) is 13.3. The Kier molecular flexibility index (Phi) is 5.25. The largest absolute Gasteiger partial charge is 0.393 e. The quantitative estimate of drug-likeness (QED) is 0.828.